The molecule has 0 N–H and O–H groups in total. The molecule has 25 heavy (non-hydrogen) atoms. The van der Waals surface area contributed by atoms with Crippen molar-refractivity contribution < 1.29 is 9.21 Å². The summed E-state index contributed by atoms with van der Waals surface area (Å²) in [6, 6.07) is 6.48. The minimum atomic E-state index is -0.0686. The van der Waals surface area contributed by atoms with Crippen LogP contribution in [0.5, 0.6) is 0 Å². The van der Waals surface area contributed by atoms with Crippen LogP contribution in [-0.2, 0) is 6.54 Å². The molecule has 1 amide bonds. The second kappa shape index (κ2) is 7.04. The zero-order valence-electron chi connectivity index (χ0n) is 15.1. The average Bonchev–Trinajstić information content (AvgIpc) is 2.97. The van der Waals surface area contributed by atoms with Crippen LogP contribution in [0, 0.1) is 0 Å². The molecule has 0 atom stereocenters. The van der Waals surface area contributed by atoms with Crippen molar-refractivity contribution in [2.24, 2.45) is 0 Å². The van der Waals surface area contributed by atoms with Crippen molar-refractivity contribution >= 4 is 28.6 Å². The molecular formula is C20H26N2O2S. The van der Waals surface area contributed by atoms with Gasteiger partial charge in [-0.05, 0) is 43.6 Å². The van der Waals surface area contributed by atoms with E-state index in [0.717, 1.165) is 30.6 Å². The van der Waals surface area contributed by atoms with Crippen LogP contribution in [0.15, 0.2) is 22.6 Å². The van der Waals surface area contributed by atoms with Crippen LogP contribution >= 0.6 is 11.8 Å². The quantitative estimate of drug-likeness (QED) is 0.829. The summed E-state index contributed by atoms with van der Waals surface area (Å²) >= 11 is 2.01. The molecule has 2 fully saturated rings. The topological polar surface area (TPSA) is 36.7 Å². The van der Waals surface area contributed by atoms with Gasteiger partial charge in [0.1, 0.15) is 5.58 Å². The molecule has 0 unspecified atom stereocenters. The lowest BCUT2D eigenvalue weighted by Crippen LogP contribution is -2.29. The third-order valence-corrected chi connectivity index (χ3v) is 6.56. The molecule has 5 heteroatoms. The number of piperidine rings is 1. The van der Waals surface area contributed by atoms with Gasteiger partial charge in [0.05, 0.1) is 0 Å². The van der Waals surface area contributed by atoms with Crippen molar-refractivity contribution in [3.8, 4) is 0 Å². The fourth-order valence-corrected chi connectivity index (χ4v) is 4.57. The van der Waals surface area contributed by atoms with Crippen molar-refractivity contribution in [3.05, 3.63) is 35.1 Å². The highest BCUT2D eigenvalue weighted by Gasteiger charge is 2.24. The van der Waals surface area contributed by atoms with Gasteiger partial charge in [-0.1, -0.05) is 12.5 Å². The minimum absolute atomic E-state index is 0.0686. The highest BCUT2D eigenvalue weighted by molar-refractivity contribution is 8.00. The number of fused-ring (bicyclic) bond motifs is 1. The fourth-order valence-electron chi connectivity index (χ4n) is 3.72. The molecule has 3 heterocycles. The molecule has 134 valence electrons. The number of nitrogens with zero attached hydrogens (tertiary/aromatic N) is 2. The first kappa shape index (κ1) is 17.0. The van der Waals surface area contributed by atoms with Gasteiger partial charge in [0, 0.05) is 49.0 Å². The Balaban J connectivity index is 1.72. The van der Waals surface area contributed by atoms with E-state index in [1.807, 2.05) is 17.8 Å². The predicted molar refractivity (Wildman–Crippen MR) is 103 cm³/mol. The Hall–Kier alpha value is -1.46. The Morgan fingerprint density at radius 1 is 1.20 bits per heavy atom. The Morgan fingerprint density at radius 2 is 1.96 bits per heavy atom. The van der Waals surface area contributed by atoms with Crippen molar-refractivity contribution in [1.82, 2.24) is 9.80 Å². The van der Waals surface area contributed by atoms with Gasteiger partial charge in [0.15, 0.2) is 5.76 Å². The van der Waals surface area contributed by atoms with Gasteiger partial charge in [0.25, 0.3) is 5.91 Å². The van der Waals surface area contributed by atoms with Gasteiger partial charge >= 0.3 is 0 Å². The lowest BCUT2D eigenvalue weighted by atomic mass is 9.97. The molecule has 0 radical (unpaired) electrons. The van der Waals surface area contributed by atoms with E-state index in [9.17, 15) is 4.79 Å². The molecular weight excluding hydrogens is 332 g/mol. The zero-order valence-corrected chi connectivity index (χ0v) is 15.9. The van der Waals surface area contributed by atoms with Crippen LogP contribution in [-0.4, -0.2) is 54.4 Å². The molecule has 4 rings (SSSR count). The van der Waals surface area contributed by atoms with Crippen molar-refractivity contribution in [1.29, 1.82) is 0 Å². The number of carbonyl (C=O) groups excluding carboxylic acids is 1. The normalized spacial score (nSPS) is 19.1. The molecule has 1 aromatic heterocycles. The van der Waals surface area contributed by atoms with Crippen LogP contribution < -0.4 is 0 Å². The van der Waals surface area contributed by atoms with E-state index in [1.54, 1.807) is 19.0 Å². The molecule has 0 bridgehead atoms. The predicted octanol–water partition coefficient (Wildman–Crippen LogP) is 3.95. The molecule has 2 aromatic rings. The van der Waals surface area contributed by atoms with E-state index < -0.39 is 0 Å². The van der Waals surface area contributed by atoms with Gasteiger partial charge in [-0.15, -0.1) is 0 Å². The van der Waals surface area contributed by atoms with E-state index in [-0.39, 0.29) is 5.91 Å². The van der Waals surface area contributed by atoms with E-state index in [4.69, 9.17) is 4.42 Å². The number of carbonyl (C=O) groups is 1. The number of rotatable bonds is 4. The maximum Gasteiger partial charge on any atom is 0.289 e. The van der Waals surface area contributed by atoms with E-state index in [0.29, 0.717) is 11.7 Å². The second-order valence-corrected chi connectivity index (χ2v) is 8.55. The summed E-state index contributed by atoms with van der Waals surface area (Å²) in [6.07, 6.45) is 3.91. The van der Waals surface area contributed by atoms with Crippen LogP contribution in [0.4, 0.5) is 0 Å². The van der Waals surface area contributed by atoms with Crippen LogP contribution in [0.1, 0.15) is 46.9 Å². The number of benzene rings is 1. The molecule has 2 aliphatic rings. The number of furan rings is 1. The smallest absolute Gasteiger partial charge is 0.289 e. The molecule has 2 aliphatic heterocycles. The summed E-state index contributed by atoms with van der Waals surface area (Å²) in [5.74, 6) is 3.43. The Bertz CT molecular complexity index is 773. The third kappa shape index (κ3) is 3.44. The molecule has 0 spiro atoms. The first-order valence-electron chi connectivity index (χ1n) is 9.20. The molecule has 2 saturated heterocycles. The molecule has 0 saturated carbocycles. The Labute approximate surface area is 153 Å². The van der Waals surface area contributed by atoms with Crippen molar-refractivity contribution in [2.75, 3.05) is 38.7 Å². The standard InChI is InChI=1S/C20H26N2O2S/c1-21(2)20(23)18-10-15-8-14(17-12-25-13-17)9-16(19(15)24-18)11-22-6-4-3-5-7-22/h8-10,17H,3-7,11-13H2,1-2H3. The molecule has 4 nitrogen and oxygen atoms in total. The maximum atomic E-state index is 12.3. The van der Waals surface area contributed by atoms with Gasteiger partial charge in [-0.25, -0.2) is 0 Å². The summed E-state index contributed by atoms with van der Waals surface area (Å²) in [5, 5.41) is 1.08. The van der Waals surface area contributed by atoms with Gasteiger partial charge in [0.2, 0.25) is 0 Å². The number of likely N-dealkylation sites (tertiary alicyclic amines) is 1. The minimum Gasteiger partial charge on any atom is -0.451 e. The third-order valence-electron chi connectivity index (χ3n) is 5.28. The Morgan fingerprint density at radius 3 is 2.60 bits per heavy atom. The van der Waals surface area contributed by atoms with Crippen LogP contribution in [0.2, 0.25) is 0 Å². The van der Waals surface area contributed by atoms with Crippen molar-refractivity contribution in [3.63, 3.8) is 0 Å². The van der Waals surface area contributed by atoms with Crippen molar-refractivity contribution in [2.45, 2.75) is 31.7 Å². The fraction of sp³-hybridized carbons (Fsp3) is 0.550. The first-order valence-corrected chi connectivity index (χ1v) is 10.4. The number of thioether (sulfide) groups is 1. The average molecular weight is 359 g/mol. The lowest BCUT2D eigenvalue weighted by molar-refractivity contribution is 0.0799. The summed E-state index contributed by atoms with van der Waals surface area (Å²) in [7, 11) is 3.53. The highest BCUT2D eigenvalue weighted by Crippen LogP contribution is 2.37. The second-order valence-electron chi connectivity index (χ2n) is 7.48. The zero-order chi connectivity index (χ0) is 17.4. The van der Waals surface area contributed by atoms with Crippen LogP contribution in [0.25, 0.3) is 11.0 Å². The molecule has 1 aromatic carbocycles. The number of hydrogen-bond acceptors (Lipinski definition) is 4. The lowest BCUT2D eigenvalue weighted by Gasteiger charge is -2.28. The van der Waals surface area contributed by atoms with Gasteiger partial charge in [-0.3, -0.25) is 9.69 Å². The Kier molecular flexibility index (Phi) is 4.78. The summed E-state index contributed by atoms with van der Waals surface area (Å²) in [5.41, 5.74) is 3.54. The largest absolute Gasteiger partial charge is 0.451 e. The molecule has 0 aliphatic carbocycles. The number of amides is 1. The van der Waals surface area contributed by atoms with E-state index in [1.165, 1.54) is 41.9 Å². The summed E-state index contributed by atoms with van der Waals surface area (Å²) in [6.45, 7) is 3.25. The maximum absolute atomic E-state index is 12.3. The van der Waals surface area contributed by atoms with Gasteiger partial charge in [-0.2, -0.15) is 11.8 Å². The van der Waals surface area contributed by atoms with E-state index in [2.05, 4.69) is 17.0 Å². The van der Waals surface area contributed by atoms with Gasteiger partial charge < -0.3 is 9.32 Å². The highest BCUT2D eigenvalue weighted by atomic mass is 32.2. The monoisotopic (exact) mass is 358 g/mol. The van der Waals surface area contributed by atoms with E-state index >= 15 is 0 Å². The first-order chi connectivity index (χ1) is 12.1. The summed E-state index contributed by atoms with van der Waals surface area (Å²) < 4.78 is 6.03. The SMILES string of the molecule is CN(C)C(=O)c1cc2cc(C3CSC3)cc(CN3CCCCC3)c2o1. The van der Waals surface area contributed by atoms with Crippen LogP contribution in [0.3, 0.4) is 0 Å². The summed E-state index contributed by atoms with van der Waals surface area (Å²) in [4.78, 5) is 16.4. The number of hydrogen-bond donors (Lipinski definition) is 0.